The average molecular weight is 517 g/mol. The number of piperidine rings is 3. The highest BCUT2D eigenvalue weighted by Gasteiger charge is 2.36. The zero-order valence-electron chi connectivity index (χ0n) is 21.3. The fraction of sp³-hybridized carbons (Fsp3) is 0.333. The van der Waals surface area contributed by atoms with Crippen LogP contribution in [0.2, 0.25) is 0 Å². The van der Waals surface area contributed by atoms with Crippen molar-refractivity contribution >= 4 is 12.1 Å². The summed E-state index contributed by atoms with van der Waals surface area (Å²) in [5, 5.41) is 12.3. The number of alkyl carbamates (subject to hydrolysis) is 1. The van der Waals surface area contributed by atoms with E-state index in [1.165, 1.54) is 19.2 Å². The fourth-order valence-electron chi connectivity index (χ4n) is 5.28. The third kappa shape index (κ3) is 5.92. The van der Waals surface area contributed by atoms with Gasteiger partial charge in [0.1, 0.15) is 24.2 Å². The molecule has 6 rings (SSSR count). The number of amides is 1. The van der Waals surface area contributed by atoms with E-state index in [0.717, 1.165) is 49.2 Å². The van der Waals surface area contributed by atoms with Gasteiger partial charge in [0.25, 0.3) is 0 Å². The number of ether oxygens (including phenoxy) is 3. The first-order valence-electron chi connectivity index (χ1n) is 12.9. The van der Waals surface area contributed by atoms with Crippen LogP contribution in [0.3, 0.4) is 0 Å². The summed E-state index contributed by atoms with van der Waals surface area (Å²) >= 11 is 0. The van der Waals surface area contributed by atoms with Crippen molar-refractivity contribution in [3.63, 3.8) is 0 Å². The largest absolute Gasteiger partial charge is 0.496 e. The van der Waals surface area contributed by atoms with E-state index >= 15 is 0 Å². The molecule has 0 unspecified atom stereocenters. The molecule has 3 aromatic rings. The summed E-state index contributed by atoms with van der Waals surface area (Å²) < 4.78 is 17.3. The van der Waals surface area contributed by atoms with Crippen LogP contribution in [0.1, 0.15) is 45.9 Å². The number of carbonyl (C=O) groups excluding carboxylic acids is 1. The van der Waals surface area contributed by atoms with Gasteiger partial charge in [0.05, 0.1) is 18.7 Å². The van der Waals surface area contributed by atoms with Gasteiger partial charge in [0.2, 0.25) is 0 Å². The second-order valence-electron chi connectivity index (χ2n) is 9.76. The molecule has 38 heavy (non-hydrogen) atoms. The van der Waals surface area contributed by atoms with E-state index in [0.29, 0.717) is 17.4 Å². The predicted octanol–water partition coefficient (Wildman–Crippen LogP) is 4.88. The molecule has 3 aliphatic rings. The molecule has 3 heterocycles. The maximum absolute atomic E-state index is 13.0. The minimum atomic E-state index is -1.02. The van der Waals surface area contributed by atoms with Crippen molar-refractivity contribution < 1.29 is 28.9 Å². The van der Waals surface area contributed by atoms with Crippen LogP contribution < -0.4 is 14.8 Å². The van der Waals surface area contributed by atoms with Gasteiger partial charge in [-0.2, -0.15) is 0 Å². The van der Waals surface area contributed by atoms with Gasteiger partial charge < -0.3 is 24.6 Å². The van der Waals surface area contributed by atoms with E-state index in [1.807, 2.05) is 54.6 Å². The molecule has 0 aromatic heterocycles. The summed E-state index contributed by atoms with van der Waals surface area (Å²) in [5.41, 5.74) is 2.66. The molecule has 2 bridgehead atoms. The molecule has 8 nitrogen and oxygen atoms in total. The van der Waals surface area contributed by atoms with Crippen LogP contribution in [0, 0.1) is 5.92 Å². The molecule has 1 amide bonds. The van der Waals surface area contributed by atoms with Gasteiger partial charge in [-0.25, -0.2) is 9.59 Å². The van der Waals surface area contributed by atoms with Gasteiger partial charge in [-0.05, 0) is 67.2 Å². The quantitative estimate of drug-likeness (QED) is 0.418. The maximum Gasteiger partial charge on any atom is 0.408 e. The number of fused-ring (bicyclic) bond motifs is 3. The van der Waals surface area contributed by atoms with Gasteiger partial charge in [0.15, 0.2) is 0 Å². The van der Waals surface area contributed by atoms with Crippen molar-refractivity contribution in [2.75, 3.05) is 26.7 Å². The number of nitrogens with zero attached hydrogens (tertiary/aromatic N) is 1. The van der Waals surface area contributed by atoms with Gasteiger partial charge in [-0.1, -0.05) is 48.5 Å². The van der Waals surface area contributed by atoms with Crippen LogP contribution in [0.25, 0.3) is 0 Å². The van der Waals surface area contributed by atoms with Crippen LogP contribution >= 0.6 is 0 Å². The first-order chi connectivity index (χ1) is 18.5. The Bertz CT molecular complexity index is 1270. The lowest BCUT2D eigenvalue weighted by atomic mass is 9.86. The number of carbonyl (C=O) groups is 2. The molecule has 3 saturated heterocycles. The molecular weight excluding hydrogens is 484 g/mol. The monoisotopic (exact) mass is 516 g/mol. The van der Waals surface area contributed by atoms with E-state index in [4.69, 9.17) is 14.2 Å². The van der Waals surface area contributed by atoms with Crippen molar-refractivity contribution in [3.8, 4) is 11.5 Å². The number of carboxylic acids is 1. The first kappa shape index (κ1) is 25.6. The molecule has 3 aliphatic heterocycles. The summed E-state index contributed by atoms with van der Waals surface area (Å²) in [4.78, 5) is 26.7. The Hall–Kier alpha value is -4.04. The van der Waals surface area contributed by atoms with Gasteiger partial charge in [0, 0.05) is 12.1 Å². The Kier molecular flexibility index (Phi) is 7.79. The summed E-state index contributed by atoms with van der Waals surface area (Å²) in [6, 6.07) is 21.6. The van der Waals surface area contributed by atoms with Crippen molar-refractivity contribution in [1.82, 2.24) is 10.2 Å². The normalized spacial score (nSPS) is 20.8. The molecule has 2 N–H and O–H groups in total. The molecule has 3 fully saturated rings. The lowest BCUT2D eigenvalue weighted by Gasteiger charge is -2.43. The summed E-state index contributed by atoms with van der Waals surface area (Å²) in [5.74, 6) is 0.467. The molecule has 8 heteroatoms. The first-order valence-corrected chi connectivity index (χ1v) is 12.9. The topological polar surface area (TPSA) is 97.3 Å². The summed E-state index contributed by atoms with van der Waals surface area (Å²) in [6.07, 6.45) is 1.64. The van der Waals surface area contributed by atoms with Crippen molar-refractivity contribution in [2.24, 2.45) is 5.92 Å². The molecule has 0 aliphatic carbocycles. The highest BCUT2D eigenvalue weighted by atomic mass is 16.6. The lowest BCUT2D eigenvalue weighted by molar-refractivity contribution is -0.0336. The molecule has 198 valence electrons. The number of rotatable bonds is 9. The number of carboxylic acid groups (broad SMARTS) is 1. The predicted molar refractivity (Wildman–Crippen MR) is 142 cm³/mol. The minimum absolute atomic E-state index is 0.0777. The van der Waals surface area contributed by atoms with E-state index in [9.17, 15) is 14.7 Å². The smallest absolute Gasteiger partial charge is 0.408 e. The molecule has 0 saturated carbocycles. The van der Waals surface area contributed by atoms with Crippen LogP contribution in [-0.4, -0.2) is 54.9 Å². The Labute approximate surface area is 222 Å². The van der Waals surface area contributed by atoms with E-state index in [-0.39, 0.29) is 18.3 Å². The highest BCUT2D eigenvalue weighted by molar-refractivity contribution is 5.88. The molecule has 3 aromatic carbocycles. The zero-order chi connectivity index (χ0) is 26.5. The van der Waals surface area contributed by atoms with Crippen LogP contribution in [0.5, 0.6) is 11.5 Å². The molecule has 2 atom stereocenters. The second-order valence-corrected chi connectivity index (χ2v) is 9.76. The fourth-order valence-corrected chi connectivity index (χ4v) is 5.28. The van der Waals surface area contributed by atoms with Crippen LogP contribution in [0.15, 0.2) is 72.8 Å². The van der Waals surface area contributed by atoms with Crippen LogP contribution in [-0.2, 0) is 11.3 Å². The highest BCUT2D eigenvalue weighted by Crippen LogP contribution is 2.31. The Morgan fingerprint density at radius 2 is 1.76 bits per heavy atom. The number of nitrogens with one attached hydrogen (secondary N) is 1. The minimum Gasteiger partial charge on any atom is -0.496 e. The van der Waals surface area contributed by atoms with E-state index < -0.39 is 18.1 Å². The van der Waals surface area contributed by atoms with Crippen molar-refractivity contribution in [1.29, 1.82) is 0 Å². The van der Waals surface area contributed by atoms with Gasteiger partial charge in [-0.3, -0.25) is 4.90 Å². The van der Waals surface area contributed by atoms with Crippen molar-refractivity contribution in [2.45, 2.75) is 31.6 Å². The van der Waals surface area contributed by atoms with E-state index in [2.05, 4.69) is 10.2 Å². The summed E-state index contributed by atoms with van der Waals surface area (Å²) in [6.45, 7) is 3.16. The SMILES string of the molecule is COc1cc(C(=O)O)ccc1COc1cccc([C@@H](NC(=O)O[C@H]2CN3CCC2CC3)c2ccccc2)c1. The van der Waals surface area contributed by atoms with E-state index in [1.54, 1.807) is 6.07 Å². The molecule has 0 radical (unpaired) electrons. The summed E-state index contributed by atoms with van der Waals surface area (Å²) in [7, 11) is 1.50. The number of hydrogen-bond donors (Lipinski definition) is 2. The lowest BCUT2D eigenvalue weighted by Crippen LogP contribution is -2.52. The Morgan fingerprint density at radius 3 is 2.45 bits per heavy atom. The van der Waals surface area contributed by atoms with Crippen molar-refractivity contribution in [3.05, 3.63) is 95.1 Å². The molecular formula is C30H32N2O6. The Morgan fingerprint density at radius 1 is 1.00 bits per heavy atom. The third-order valence-electron chi connectivity index (χ3n) is 7.37. The number of benzene rings is 3. The molecule has 0 spiro atoms. The standard InChI is InChI=1S/C30H32N2O6/c1-36-26-17-23(29(33)34)10-11-24(26)19-37-25-9-5-8-22(16-25)28(21-6-3-2-4-7-21)31-30(35)38-27-18-32-14-12-20(27)13-15-32/h2-11,16-17,20,27-28H,12-15,18-19H2,1H3,(H,31,35)(H,33,34)/t27-,28-/m0/s1. The average Bonchev–Trinajstić information content (AvgIpc) is 2.96. The second kappa shape index (κ2) is 11.6. The number of methoxy groups -OCH3 is 1. The number of hydrogen-bond acceptors (Lipinski definition) is 6. The van der Waals surface area contributed by atoms with Crippen LogP contribution in [0.4, 0.5) is 4.79 Å². The maximum atomic E-state index is 13.0. The zero-order valence-corrected chi connectivity index (χ0v) is 21.3. The third-order valence-corrected chi connectivity index (χ3v) is 7.37. The van der Waals surface area contributed by atoms with Gasteiger partial charge >= 0.3 is 12.1 Å². The van der Waals surface area contributed by atoms with Gasteiger partial charge in [-0.15, -0.1) is 0 Å². The Balaban J connectivity index is 1.31. The number of aromatic carboxylic acids is 1.